The number of rotatable bonds is 4. The third kappa shape index (κ3) is 2.23. The van der Waals surface area contributed by atoms with Crippen molar-refractivity contribution in [2.75, 3.05) is 19.5 Å². The molecule has 2 heterocycles. The zero-order valence-electron chi connectivity index (χ0n) is 11.0. The highest BCUT2D eigenvalue weighted by Gasteiger charge is 2.12. The number of aromatic nitrogens is 4. The van der Waals surface area contributed by atoms with Gasteiger partial charge in [0.1, 0.15) is 5.75 Å². The number of benzene rings is 1. The summed E-state index contributed by atoms with van der Waals surface area (Å²) in [6.45, 7) is 0. The minimum atomic E-state index is 0.766. The summed E-state index contributed by atoms with van der Waals surface area (Å²) in [6.07, 6.45) is 3.62. The predicted octanol–water partition coefficient (Wildman–Crippen LogP) is 2.65. The number of aromatic amines is 1. The molecule has 0 fully saturated rings. The van der Waals surface area contributed by atoms with Gasteiger partial charge in [-0.25, -0.2) is 0 Å². The Labute approximate surface area is 119 Å². The molecule has 0 bridgehead atoms. The first-order valence-corrected chi connectivity index (χ1v) is 6.82. The van der Waals surface area contributed by atoms with Crippen LogP contribution in [-0.4, -0.2) is 34.6 Å². The van der Waals surface area contributed by atoms with Crippen molar-refractivity contribution in [1.82, 2.24) is 20.4 Å². The molecular formula is C13H13N5OS. The maximum atomic E-state index is 5.47. The van der Waals surface area contributed by atoms with E-state index in [2.05, 4.69) is 25.7 Å². The van der Waals surface area contributed by atoms with Crippen LogP contribution in [0.1, 0.15) is 0 Å². The lowest BCUT2D eigenvalue weighted by atomic mass is 10.1. The molecule has 6 nitrogen and oxygen atoms in total. The lowest BCUT2D eigenvalue weighted by Gasteiger charge is -2.07. The Morgan fingerprint density at radius 2 is 2.15 bits per heavy atom. The van der Waals surface area contributed by atoms with Gasteiger partial charge in [-0.1, -0.05) is 17.4 Å². The maximum absolute atomic E-state index is 5.47. The highest BCUT2D eigenvalue weighted by Crippen LogP contribution is 2.36. The molecule has 102 valence electrons. The monoisotopic (exact) mass is 287 g/mol. The SMILES string of the molecule is CNc1nnc(-c2ccc(-c3cn[nH]c3)cc2OC)s1. The van der Waals surface area contributed by atoms with Crippen molar-refractivity contribution >= 4 is 16.5 Å². The summed E-state index contributed by atoms with van der Waals surface area (Å²) in [5.74, 6) is 0.766. The first-order valence-electron chi connectivity index (χ1n) is 6.00. The first kappa shape index (κ1) is 12.6. The molecule has 0 aliphatic carbocycles. The standard InChI is InChI=1S/C13H13N5OS/c1-14-13-18-17-12(20-13)10-4-3-8(5-11(10)19-2)9-6-15-16-7-9/h3-7H,1-2H3,(H,14,18)(H,15,16). The molecule has 2 aromatic heterocycles. The fourth-order valence-electron chi connectivity index (χ4n) is 1.89. The molecule has 0 saturated heterocycles. The molecule has 0 unspecified atom stereocenters. The Morgan fingerprint density at radius 3 is 2.80 bits per heavy atom. The molecule has 3 rings (SSSR count). The van der Waals surface area contributed by atoms with Crippen molar-refractivity contribution in [2.24, 2.45) is 0 Å². The Kier molecular flexibility index (Phi) is 3.34. The second kappa shape index (κ2) is 5.30. The zero-order chi connectivity index (χ0) is 13.9. The van der Waals surface area contributed by atoms with Crippen LogP contribution in [0.5, 0.6) is 5.75 Å². The van der Waals surface area contributed by atoms with Crippen LogP contribution in [0, 0.1) is 0 Å². The minimum Gasteiger partial charge on any atom is -0.496 e. The van der Waals surface area contributed by atoms with Gasteiger partial charge >= 0.3 is 0 Å². The molecule has 2 N–H and O–H groups in total. The Hall–Kier alpha value is -2.41. The molecule has 0 spiro atoms. The van der Waals surface area contributed by atoms with Gasteiger partial charge in [-0.3, -0.25) is 5.10 Å². The van der Waals surface area contributed by atoms with E-state index < -0.39 is 0 Å². The molecule has 0 amide bonds. The quantitative estimate of drug-likeness (QED) is 0.771. The number of methoxy groups -OCH3 is 1. The van der Waals surface area contributed by atoms with E-state index in [-0.39, 0.29) is 0 Å². The van der Waals surface area contributed by atoms with E-state index >= 15 is 0 Å². The van der Waals surface area contributed by atoms with Crippen molar-refractivity contribution in [3.05, 3.63) is 30.6 Å². The Bertz CT molecular complexity index is 707. The number of anilines is 1. The summed E-state index contributed by atoms with van der Waals surface area (Å²) in [4.78, 5) is 0. The summed E-state index contributed by atoms with van der Waals surface area (Å²) in [7, 11) is 3.47. The molecule has 3 aromatic rings. The van der Waals surface area contributed by atoms with Crippen LogP contribution in [0.3, 0.4) is 0 Å². The number of nitrogens with zero attached hydrogens (tertiary/aromatic N) is 3. The van der Waals surface area contributed by atoms with Gasteiger partial charge in [0.05, 0.1) is 18.9 Å². The summed E-state index contributed by atoms with van der Waals surface area (Å²) in [5.41, 5.74) is 2.99. The average Bonchev–Trinajstić information content (AvgIpc) is 3.17. The molecule has 0 atom stereocenters. The van der Waals surface area contributed by atoms with Gasteiger partial charge in [0, 0.05) is 18.8 Å². The largest absolute Gasteiger partial charge is 0.496 e. The van der Waals surface area contributed by atoms with Crippen LogP contribution in [0.2, 0.25) is 0 Å². The van der Waals surface area contributed by atoms with E-state index in [0.717, 1.165) is 32.6 Å². The van der Waals surface area contributed by atoms with Crippen LogP contribution in [0.25, 0.3) is 21.7 Å². The summed E-state index contributed by atoms with van der Waals surface area (Å²) >= 11 is 1.49. The zero-order valence-corrected chi connectivity index (χ0v) is 11.9. The van der Waals surface area contributed by atoms with E-state index in [0.29, 0.717) is 0 Å². The molecule has 0 aliphatic rings. The van der Waals surface area contributed by atoms with Crippen LogP contribution in [-0.2, 0) is 0 Å². The second-order valence-electron chi connectivity index (χ2n) is 4.06. The van der Waals surface area contributed by atoms with Gasteiger partial charge in [-0.05, 0) is 17.7 Å². The first-order chi connectivity index (χ1) is 9.81. The average molecular weight is 287 g/mol. The summed E-state index contributed by atoms with van der Waals surface area (Å²) in [5, 5.41) is 19.6. The topological polar surface area (TPSA) is 75.7 Å². The van der Waals surface area contributed by atoms with Crippen molar-refractivity contribution in [2.45, 2.75) is 0 Å². The number of hydrogen-bond acceptors (Lipinski definition) is 6. The van der Waals surface area contributed by atoms with E-state index in [1.54, 1.807) is 13.3 Å². The molecule has 0 saturated carbocycles. The highest BCUT2D eigenvalue weighted by molar-refractivity contribution is 7.18. The lowest BCUT2D eigenvalue weighted by Crippen LogP contribution is -1.89. The molecule has 7 heteroatoms. The van der Waals surface area contributed by atoms with Crippen molar-refractivity contribution in [1.29, 1.82) is 0 Å². The number of hydrogen-bond donors (Lipinski definition) is 2. The second-order valence-corrected chi connectivity index (χ2v) is 5.04. The van der Waals surface area contributed by atoms with Gasteiger partial charge in [-0.2, -0.15) is 5.10 Å². The van der Waals surface area contributed by atoms with Crippen LogP contribution in [0.4, 0.5) is 5.13 Å². The van der Waals surface area contributed by atoms with Crippen molar-refractivity contribution < 1.29 is 4.74 Å². The predicted molar refractivity (Wildman–Crippen MR) is 79.0 cm³/mol. The van der Waals surface area contributed by atoms with Crippen LogP contribution in [0.15, 0.2) is 30.6 Å². The molecule has 0 radical (unpaired) electrons. The normalized spacial score (nSPS) is 10.5. The van der Waals surface area contributed by atoms with E-state index in [4.69, 9.17) is 4.74 Å². The molecular weight excluding hydrogens is 274 g/mol. The highest BCUT2D eigenvalue weighted by atomic mass is 32.1. The molecule has 0 aliphatic heterocycles. The Balaban J connectivity index is 2.04. The van der Waals surface area contributed by atoms with Gasteiger partial charge < -0.3 is 10.1 Å². The third-order valence-electron chi connectivity index (χ3n) is 2.90. The molecule has 20 heavy (non-hydrogen) atoms. The van der Waals surface area contributed by atoms with Crippen LogP contribution < -0.4 is 10.1 Å². The van der Waals surface area contributed by atoms with E-state index in [1.807, 2.05) is 31.4 Å². The number of H-pyrrole nitrogens is 1. The van der Waals surface area contributed by atoms with Gasteiger partial charge in [0.25, 0.3) is 0 Å². The lowest BCUT2D eigenvalue weighted by molar-refractivity contribution is 0.416. The maximum Gasteiger partial charge on any atom is 0.205 e. The minimum absolute atomic E-state index is 0.766. The van der Waals surface area contributed by atoms with E-state index in [1.165, 1.54) is 11.3 Å². The van der Waals surface area contributed by atoms with Gasteiger partial charge in [-0.15, -0.1) is 10.2 Å². The van der Waals surface area contributed by atoms with Gasteiger partial charge in [0.15, 0.2) is 5.01 Å². The Morgan fingerprint density at radius 1 is 1.25 bits per heavy atom. The fraction of sp³-hybridized carbons (Fsp3) is 0.154. The number of nitrogens with one attached hydrogen (secondary N) is 2. The third-order valence-corrected chi connectivity index (χ3v) is 3.88. The number of ether oxygens (including phenoxy) is 1. The summed E-state index contributed by atoms with van der Waals surface area (Å²) < 4.78 is 5.47. The smallest absolute Gasteiger partial charge is 0.205 e. The fourth-order valence-corrected chi connectivity index (χ4v) is 2.62. The summed E-state index contributed by atoms with van der Waals surface area (Å²) in [6, 6.07) is 5.98. The van der Waals surface area contributed by atoms with Crippen molar-refractivity contribution in [3.63, 3.8) is 0 Å². The van der Waals surface area contributed by atoms with E-state index in [9.17, 15) is 0 Å². The van der Waals surface area contributed by atoms with Gasteiger partial charge in [0.2, 0.25) is 5.13 Å². The molecule has 1 aromatic carbocycles. The van der Waals surface area contributed by atoms with Crippen LogP contribution >= 0.6 is 11.3 Å². The van der Waals surface area contributed by atoms with Crippen molar-refractivity contribution in [3.8, 4) is 27.4 Å².